The van der Waals surface area contributed by atoms with Crippen molar-refractivity contribution in [2.75, 3.05) is 6.79 Å². The molecule has 4 atom stereocenters. The smallest absolute Gasteiger partial charge is 0.408 e. The maximum atomic E-state index is 13.2. The predicted molar refractivity (Wildman–Crippen MR) is 127 cm³/mol. The van der Waals surface area contributed by atoms with Crippen molar-refractivity contribution < 1.29 is 38.2 Å². The first-order valence-electron chi connectivity index (χ1n) is 11.8. The zero-order valence-corrected chi connectivity index (χ0v) is 21.3. The minimum atomic E-state index is -1.17. The van der Waals surface area contributed by atoms with E-state index in [2.05, 4.69) is 16.0 Å². The van der Waals surface area contributed by atoms with Crippen molar-refractivity contribution in [3.8, 4) is 11.5 Å². The van der Waals surface area contributed by atoms with Gasteiger partial charge < -0.3 is 24.8 Å². The number of nitrogens with one attached hydrogen (secondary N) is 3. The molecule has 11 heteroatoms. The van der Waals surface area contributed by atoms with Crippen LogP contribution in [0.15, 0.2) is 18.2 Å². The minimum Gasteiger partial charge on any atom is -0.454 e. The normalized spacial score (nSPS) is 20.5. The van der Waals surface area contributed by atoms with Crippen LogP contribution in [0.25, 0.3) is 0 Å². The van der Waals surface area contributed by atoms with Crippen LogP contribution < -0.4 is 25.4 Å². The third-order valence-electron chi connectivity index (χ3n) is 5.92. The maximum absolute atomic E-state index is 13.2. The molecule has 196 valence electrons. The van der Waals surface area contributed by atoms with E-state index >= 15 is 0 Å². The average molecular weight is 504 g/mol. The third-order valence-corrected chi connectivity index (χ3v) is 5.92. The molecular weight excluding hydrogens is 470 g/mol. The molecule has 0 bridgehead atoms. The summed E-state index contributed by atoms with van der Waals surface area (Å²) >= 11 is 0. The second-order valence-corrected chi connectivity index (χ2v) is 10.3. The molecule has 0 aliphatic carbocycles. The van der Waals surface area contributed by atoms with Crippen LogP contribution in [0.3, 0.4) is 0 Å². The molecule has 0 spiro atoms. The fourth-order valence-electron chi connectivity index (χ4n) is 4.08. The standard InChI is InChI=1S/C25H33N3O8/c1-12(2)20(21(30)19-13(3)22(31)28-23(19)32)27-18(29)10-15(26-24(33)36-25(4,5)6)14-7-8-16-17(9-14)35-11-34-16/h7-9,12-13,15,19-20H,10-11H2,1-6H3,(H,26,33)(H,27,29)(H,28,31,32)/t13-,15?,19+,20-/m0/s1. The van der Waals surface area contributed by atoms with Crippen LogP contribution in [0.2, 0.25) is 0 Å². The molecule has 1 aromatic carbocycles. The van der Waals surface area contributed by atoms with Gasteiger partial charge in [-0.25, -0.2) is 4.79 Å². The van der Waals surface area contributed by atoms with Crippen LogP contribution in [-0.4, -0.2) is 48.0 Å². The number of hydrogen-bond acceptors (Lipinski definition) is 8. The Morgan fingerprint density at radius 1 is 1.08 bits per heavy atom. The second-order valence-electron chi connectivity index (χ2n) is 10.3. The molecule has 1 aromatic rings. The van der Waals surface area contributed by atoms with Crippen LogP contribution in [0.5, 0.6) is 11.5 Å². The van der Waals surface area contributed by atoms with Crippen molar-refractivity contribution in [1.82, 2.24) is 16.0 Å². The molecule has 3 rings (SSSR count). The van der Waals surface area contributed by atoms with E-state index in [-0.39, 0.29) is 19.1 Å². The van der Waals surface area contributed by atoms with E-state index in [9.17, 15) is 24.0 Å². The number of ether oxygens (including phenoxy) is 3. The van der Waals surface area contributed by atoms with E-state index in [1.54, 1.807) is 52.8 Å². The zero-order valence-electron chi connectivity index (χ0n) is 21.3. The lowest BCUT2D eigenvalue weighted by Crippen LogP contribution is -2.49. The number of fused-ring (bicyclic) bond motifs is 1. The van der Waals surface area contributed by atoms with Crippen molar-refractivity contribution in [1.29, 1.82) is 0 Å². The number of benzene rings is 1. The number of carbonyl (C=O) groups is 5. The first-order valence-corrected chi connectivity index (χ1v) is 11.8. The van der Waals surface area contributed by atoms with Crippen molar-refractivity contribution in [3.05, 3.63) is 23.8 Å². The van der Waals surface area contributed by atoms with Crippen molar-refractivity contribution in [2.45, 2.75) is 65.6 Å². The lowest BCUT2D eigenvalue weighted by atomic mass is 9.85. The molecule has 0 saturated carbocycles. The summed E-state index contributed by atoms with van der Waals surface area (Å²) in [5.74, 6) is -3.56. The molecule has 1 saturated heterocycles. The number of Topliss-reactive ketones (excluding diaryl/α,β-unsaturated/α-hetero) is 1. The van der Waals surface area contributed by atoms with Gasteiger partial charge in [-0.3, -0.25) is 24.5 Å². The van der Waals surface area contributed by atoms with Gasteiger partial charge in [-0.05, 0) is 44.4 Å². The number of carbonyl (C=O) groups excluding carboxylic acids is 5. The van der Waals surface area contributed by atoms with Crippen molar-refractivity contribution >= 4 is 29.6 Å². The fourth-order valence-corrected chi connectivity index (χ4v) is 4.08. The summed E-state index contributed by atoms with van der Waals surface area (Å²) in [6.07, 6.45) is -0.940. The highest BCUT2D eigenvalue weighted by molar-refractivity contribution is 6.16. The molecular formula is C25H33N3O8. The van der Waals surface area contributed by atoms with Crippen LogP contribution in [0.4, 0.5) is 4.79 Å². The number of amides is 4. The summed E-state index contributed by atoms with van der Waals surface area (Å²) in [5.41, 5.74) is -0.182. The van der Waals surface area contributed by atoms with Gasteiger partial charge in [0, 0.05) is 0 Å². The van der Waals surface area contributed by atoms with Gasteiger partial charge in [0.15, 0.2) is 17.3 Å². The molecule has 0 radical (unpaired) electrons. The van der Waals surface area contributed by atoms with E-state index in [4.69, 9.17) is 14.2 Å². The second kappa shape index (κ2) is 10.5. The average Bonchev–Trinajstić information content (AvgIpc) is 3.32. The van der Waals surface area contributed by atoms with E-state index in [0.717, 1.165) is 0 Å². The van der Waals surface area contributed by atoms with Crippen molar-refractivity contribution in [2.24, 2.45) is 17.8 Å². The summed E-state index contributed by atoms with van der Waals surface area (Å²) in [6, 6.07) is 3.23. The lowest BCUT2D eigenvalue weighted by Gasteiger charge is -2.26. The predicted octanol–water partition coefficient (Wildman–Crippen LogP) is 1.99. The first-order chi connectivity index (χ1) is 16.8. The molecule has 4 amide bonds. The number of ketones is 1. The Morgan fingerprint density at radius 2 is 1.75 bits per heavy atom. The molecule has 11 nitrogen and oxygen atoms in total. The molecule has 2 heterocycles. The minimum absolute atomic E-state index is 0.0667. The fraction of sp³-hybridized carbons (Fsp3) is 0.560. The quantitative estimate of drug-likeness (QED) is 0.360. The Labute approximate surface area is 209 Å². The summed E-state index contributed by atoms with van der Waals surface area (Å²) in [4.78, 5) is 62.8. The Balaban J connectivity index is 1.78. The van der Waals surface area contributed by atoms with E-state index < -0.39 is 59.1 Å². The highest BCUT2D eigenvalue weighted by Crippen LogP contribution is 2.35. The van der Waals surface area contributed by atoms with Crippen LogP contribution in [-0.2, 0) is 23.9 Å². The maximum Gasteiger partial charge on any atom is 0.408 e. The Kier molecular flexibility index (Phi) is 7.90. The number of rotatable bonds is 8. The topological polar surface area (TPSA) is 149 Å². The number of hydrogen-bond donors (Lipinski definition) is 3. The van der Waals surface area contributed by atoms with Gasteiger partial charge in [-0.15, -0.1) is 0 Å². The number of alkyl carbamates (subject to hydrolysis) is 1. The lowest BCUT2D eigenvalue weighted by molar-refractivity contribution is -0.137. The third kappa shape index (κ3) is 6.32. The first kappa shape index (κ1) is 27.0. The van der Waals surface area contributed by atoms with E-state index in [1.807, 2.05) is 0 Å². The van der Waals surface area contributed by atoms with Crippen LogP contribution in [0.1, 0.15) is 59.6 Å². The van der Waals surface area contributed by atoms with Crippen molar-refractivity contribution in [3.63, 3.8) is 0 Å². The largest absolute Gasteiger partial charge is 0.454 e. The van der Waals surface area contributed by atoms with Gasteiger partial charge in [0.25, 0.3) is 0 Å². The Hall–Kier alpha value is -3.63. The SMILES string of the molecule is CC(C)[C@H](NC(=O)CC(NC(=O)OC(C)(C)C)c1ccc2c(c1)OCO2)C(=O)[C@@H]1C(=O)NC(=O)[C@H]1C. The summed E-state index contributed by atoms with van der Waals surface area (Å²) in [5, 5.41) is 7.57. The molecule has 2 aliphatic heterocycles. The highest BCUT2D eigenvalue weighted by atomic mass is 16.7. The zero-order chi connectivity index (χ0) is 26.8. The van der Waals surface area contributed by atoms with E-state index in [1.165, 1.54) is 6.92 Å². The molecule has 1 unspecified atom stereocenters. The van der Waals surface area contributed by atoms with Gasteiger partial charge >= 0.3 is 6.09 Å². The van der Waals surface area contributed by atoms with Gasteiger partial charge in [0.2, 0.25) is 24.5 Å². The Morgan fingerprint density at radius 3 is 2.33 bits per heavy atom. The summed E-state index contributed by atoms with van der Waals surface area (Å²) in [6.45, 7) is 10.2. The molecule has 1 fully saturated rings. The van der Waals surface area contributed by atoms with Gasteiger partial charge in [-0.2, -0.15) is 0 Å². The molecule has 36 heavy (non-hydrogen) atoms. The monoisotopic (exact) mass is 503 g/mol. The molecule has 3 N–H and O–H groups in total. The Bertz CT molecular complexity index is 1060. The van der Waals surface area contributed by atoms with Crippen LogP contribution >= 0.6 is 0 Å². The van der Waals surface area contributed by atoms with Gasteiger partial charge in [0.1, 0.15) is 11.5 Å². The van der Waals surface area contributed by atoms with E-state index in [0.29, 0.717) is 17.1 Å². The van der Waals surface area contributed by atoms with Crippen LogP contribution in [0, 0.1) is 17.8 Å². The van der Waals surface area contributed by atoms with Gasteiger partial charge in [-0.1, -0.05) is 26.8 Å². The summed E-state index contributed by atoms with van der Waals surface area (Å²) in [7, 11) is 0. The highest BCUT2D eigenvalue weighted by Gasteiger charge is 2.46. The van der Waals surface area contributed by atoms with Gasteiger partial charge in [0.05, 0.1) is 24.4 Å². The molecule has 0 aromatic heterocycles. The molecule has 2 aliphatic rings. The summed E-state index contributed by atoms with van der Waals surface area (Å²) < 4.78 is 16.1. The number of imide groups is 1.